The third-order valence-electron chi connectivity index (χ3n) is 5.72. The van der Waals surface area contributed by atoms with E-state index in [1.807, 2.05) is 43.3 Å². The zero-order valence-corrected chi connectivity index (χ0v) is 20.0. The number of ether oxygens (including phenoxy) is 1. The number of pyridine rings is 1. The highest BCUT2D eigenvalue weighted by atomic mass is 32.1. The van der Waals surface area contributed by atoms with Crippen LogP contribution in [0.25, 0.3) is 20.3 Å². The van der Waals surface area contributed by atoms with Crippen molar-refractivity contribution in [3.63, 3.8) is 0 Å². The Hall–Kier alpha value is -4.24. The largest absolute Gasteiger partial charge is 0.495 e. The molecule has 0 saturated carbocycles. The minimum atomic E-state index is -0.567. The number of amides is 1. The molecule has 5 aromatic rings. The number of hydrogen-bond donors (Lipinski definition) is 1. The molecule has 35 heavy (non-hydrogen) atoms. The first kappa shape index (κ1) is 22.5. The molecule has 8 nitrogen and oxygen atoms in total. The van der Waals surface area contributed by atoms with Gasteiger partial charge in [0.25, 0.3) is 5.56 Å². The van der Waals surface area contributed by atoms with Crippen LogP contribution in [0.5, 0.6) is 5.75 Å². The molecular weight excluding hydrogens is 464 g/mol. The summed E-state index contributed by atoms with van der Waals surface area (Å²) < 4.78 is 9.18. The van der Waals surface area contributed by atoms with Crippen LogP contribution in [0, 0.1) is 6.92 Å². The van der Waals surface area contributed by atoms with Gasteiger partial charge in [0.2, 0.25) is 5.91 Å². The summed E-state index contributed by atoms with van der Waals surface area (Å²) in [5.41, 5.74) is 1.57. The molecule has 0 unspecified atom stereocenters. The maximum Gasteiger partial charge on any atom is 0.332 e. The van der Waals surface area contributed by atoms with Gasteiger partial charge in [0, 0.05) is 16.3 Å². The molecule has 0 saturated heterocycles. The Labute approximate surface area is 204 Å². The predicted molar refractivity (Wildman–Crippen MR) is 138 cm³/mol. The summed E-state index contributed by atoms with van der Waals surface area (Å²) in [5.74, 6) is 0.116. The summed E-state index contributed by atoms with van der Waals surface area (Å²) >= 11 is 1.31. The lowest BCUT2D eigenvalue weighted by Crippen LogP contribution is -2.41. The van der Waals surface area contributed by atoms with Crippen LogP contribution in [0.4, 0.5) is 5.69 Å². The Bertz CT molecular complexity index is 1690. The van der Waals surface area contributed by atoms with E-state index in [0.29, 0.717) is 27.3 Å². The second-order valence-electron chi connectivity index (χ2n) is 8.11. The molecule has 1 N–H and O–H groups in total. The maximum atomic E-state index is 13.6. The van der Waals surface area contributed by atoms with Crippen LogP contribution in [0.1, 0.15) is 11.3 Å². The molecule has 0 radical (unpaired) electrons. The van der Waals surface area contributed by atoms with Gasteiger partial charge in [-0.1, -0.05) is 30.3 Å². The number of aryl methyl sites for hydroxylation is 1. The standard InChI is InChI=1S/C26H22N4O4S/c1-16-10-11-19(20(13-16)34-2)28-22(31)15-29-23-18-8-3-4-9-21(18)35-24(23)25(32)30(26(29)33)14-17-7-5-6-12-27-17/h3-13H,14-15H2,1-2H3,(H,28,31). The number of carbonyl (C=O) groups is 1. The lowest BCUT2D eigenvalue weighted by atomic mass is 10.2. The van der Waals surface area contributed by atoms with Gasteiger partial charge in [-0.3, -0.25) is 23.7 Å². The summed E-state index contributed by atoms with van der Waals surface area (Å²) in [6.07, 6.45) is 1.61. The van der Waals surface area contributed by atoms with Crippen LogP contribution < -0.4 is 21.3 Å². The number of hydrogen-bond acceptors (Lipinski definition) is 6. The van der Waals surface area contributed by atoms with E-state index in [1.54, 1.807) is 30.5 Å². The van der Waals surface area contributed by atoms with Crippen LogP contribution in [-0.4, -0.2) is 27.1 Å². The normalized spacial score (nSPS) is 11.1. The first-order chi connectivity index (χ1) is 17.0. The van der Waals surface area contributed by atoms with E-state index in [4.69, 9.17) is 4.74 Å². The van der Waals surface area contributed by atoms with Crippen LogP contribution in [-0.2, 0) is 17.9 Å². The van der Waals surface area contributed by atoms with E-state index in [0.717, 1.165) is 20.2 Å². The number of fused-ring (bicyclic) bond motifs is 3. The van der Waals surface area contributed by atoms with Crippen molar-refractivity contribution in [3.05, 3.63) is 99.0 Å². The number of benzene rings is 2. The number of thiophene rings is 1. The van der Waals surface area contributed by atoms with E-state index in [-0.39, 0.29) is 13.1 Å². The Kier molecular flexibility index (Phi) is 5.92. The first-order valence-electron chi connectivity index (χ1n) is 11.0. The fraction of sp³-hybridized carbons (Fsp3) is 0.154. The van der Waals surface area contributed by atoms with Gasteiger partial charge in [-0.25, -0.2) is 4.79 Å². The molecule has 0 fully saturated rings. The average molecular weight is 487 g/mol. The monoisotopic (exact) mass is 486 g/mol. The van der Waals surface area contributed by atoms with Gasteiger partial charge in [0.05, 0.1) is 30.6 Å². The zero-order valence-electron chi connectivity index (χ0n) is 19.1. The molecule has 0 aliphatic rings. The van der Waals surface area contributed by atoms with Crippen LogP contribution in [0.2, 0.25) is 0 Å². The molecule has 0 atom stereocenters. The summed E-state index contributed by atoms with van der Waals surface area (Å²) in [5, 5.41) is 3.59. The molecule has 2 aromatic carbocycles. The maximum absolute atomic E-state index is 13.6. The van der Waals surface area contributed by atoms with E-state index in [2.05, 4.69) is 10.3 Å². The second-order valence-corrected chi connectivity index (χ2v) is 9.16. The van der Waals surface area contributed by atoms with Gasteiger partial charge in [-0.2, -0.15) is 0 Å². The number of rotatable bonds is 6. The SMILES string of the molecule is COc1cc(C)ccc1NC(=O)Cn1c(=O)n(Cc2ccccn2)c(=O)c2sc3ccccc3c21. The molecule has 5 rings (SSSR count). The fourth-order valence-electron chi connectivity index (χ4n) is 4.07. The van der Waals surface area contributed by atoms with Gasteiger partial charge >= 0.3 is 5.69 Å². The molecule has 0 aliphatic heterocycles. The molecule has 1 amide bonds. The highest BCUT2D eigenvalue weighted by molar-refractivity contribution is 7.25. The van der Waals surface area contributed by atoms with Gasteiger partial charge < -0.3 is 10.1 Å². The summed E-state index contributed by atoms with van der Waals surface area (Å²) in [6, 6.07) is 18.2. The molecule has 0 spiro atoms. The third-order valence-corrected chi connectivity index (χ3v) is 6.87. The minimum Gasteiger partial charge on any atom is -0.495 e. The van der Waals surface area contributed by atoms with Gasteiger partial charge in [0.15, 0.2) is 0 Å². The number of nitrogens with one attached hydrogen (secondary N) is 1. The zero-order chi connectivity index (χ0) is 24.5. The van der Waals surface area contributed by atoms with Gasteiger partial charge in [-0.05, 0) is 42.8 Å². The predicted octanol–water partition coefficient (Wildman–Crippen LogP) is 3.78. The Morgan fingerprint density at radius 2 is 1.86 bits per heavy atom. The molecule has 3 heterocycles. The lowest BCUT2D eigenvalue weighted by Gasteiger charge is -2.14. The molecule has 176 valence electrons. The lowest BCUT2D eigenvalue weighted by molar-refractivity contribution is -0.116. The second kappa shape index (κ2) is 9.19. The van der Waals surface area contributed by atoms with Crippen LogP contribution >= 0.6 is 11.3 Å². The Morgan fingerprint density at radius 1 is 1.06 bits per heavy atom. The highest BCUT2D eigenvalue weighted by Gasteiger charge is 2.20. The Morgan fingerprint density at radius 3 is 2.63 bits per heavy atom. The fourth-order valence-corrected chi connectivity index (χ4v) is 5.23. The highest BCUT2D eigenvalue weighted by Crippen LogP contribution is 2.31. The van der Waals surface area contributed by atoms with Crippen molar-refractivity contribution in [2.75, 3.05) is 12.4 Å². The van der Waals surface area contributed by atoms with Crippen molar-refractivity contribution in [3.8, 4) is 5.75 Å². The molecule has 3 aromatic heterocycles. The van der Waals surface area contributed by atoms with Gasteiger partial charge in [-0.15, -0.1) is 11.3 Å². The molecule has 0 aliphatic carbocycles. The van der Waals surface area contributed by atoms with E-state index in [1.165, 1.54) is 23.0 Å². The summed E-state index contributed by atoms with van der Waals surface area (Å²) in [6.45, 7) is 1.67. The average Bonchev–Trinajstić information content (AvgIpc) is 3.26. The topological polar surface area (TPSA) is 95.2 Å². The van der Waals surface area contributed by atoms with E-state index in [9.17, 15) is 14.4 Å². The molecule has 0 bridgehead atoms. The van der Waals surface area contributed by atoms with Crippen molar-refractivity contribution >= 4 is 43.2 Å². The third kappa shape index (κ3) is 4.22. The quantitative estimate of drug-likeness (QED) is 0.394. The molecular formula is C26H22N4O4S. The number of carbonyl (C=O) groups excluding carboxylic acids is 1. The van der Waals surface area contributed by atoms with Crippen molar-refractivity contribution in [2.45, 2.75) is 20.0 Å². The van der Waals surface area contributed by atoms with Crippen molar-refractivity contribution in [1.29, 1.82) is 0 Å². The van der Waals surface area contributed by atoms with Crippen molar-refractivity contribution < 1.29 is 9.53 Å². The van der Waals surface area contributed by atoms with E-state index < -0.39 is 17.2 Å². The van der Waals surface area contributed by atoms with Gasteiger partial charge in [0.1, 0.15) is 17.0 Å². The summed E-state index contributed by atoms with van der Waals surface area (Å²) in [4.78, 5) is 44.4. The number of anilines is 1. The molecule has 9 heteroatoms. The van der Waals surface area contributed by atoms with Crippen molar-refractivity contribution in [1.82, 2.24) is 14.1 Å². The summed E-state index contributed by atoms with van der Waals surface area (Å²) in [7, 11) is 1.53. The number of nitrogens with zero attached hydrogens (tertiary/aromatic N) is 3. The number of methoxy groups -OCH3 is 1. The van der Waals surface area contributed by atoms with Crippen LogP contribution in [0.15, 0.2) is 76.4 Å². The van der Waals surface area contributed by atoms with Crippen LogP contribution in [0.3, 0.4) is 0 Å². The van der Waals surface area contributed by atoms with E-state index >= 15 is 0 Å². The smallest absolute Gasteiger partial charge is 0.332 e. The first-order valence-corrected chi connectivity index (χ1v) is 11.8. The Balaban J connectivity index is 1.64. The number of aromatic nitrogens is 3. The minimum absolute atomic E-state index is 0.0100. The van der Waals surface area contributed by atoms with Crippen molar-refractivity contribution in [2.24, 2.45) is 0 Å².